The quantitative estimate of drug-likeness (QED) is 0.728. The fourth-order valence-electron chi connectivity index (χ4n) is 1.66. The molecule has 4 heteroatoms. The van der Waals surface area contributed by atoms with E-state index in [1.807, 2.05) is 30.0 Å². The van der Waals surface area contributed by atoms with Crippen LogP contribution in [-0.4, -0.2) is 31.0 Å². The highest BCUT2D eigenvalue weighted by Gasteiger charge is 2.21. The number of benzene rings is 1. The Balaban J connectivity index is 2.10. The van der Waals surface area contributed by atoms with Gasteiger partial charge in [0.15, 0.2) is 11.5 Å². The van der Waals surface area contributed by atoms with Crippen molar-refractivity contribution in [2.24, 2.45) is 0 Å². The molecular weight excluding hydrogens is 236 g/mol. The van der Waals surface area contributed by atoms with Crippen LogP contribution in [-0.2, 0) is 11.2 Å². The van der Waals surface area contributed by atoms with Crippen molar-refractivity contribution in [3.8, 4) is 11.5 Å². The first-order valence-electron chi connectivity index (χ1n) is 5.68. The lowest BCUT2D eigenvalue weighted by molar-refractivity contribution is -0.107. The first-order valence-corrected chi connectivity index (χ1v) is 6.84. The highest BCUT2D eigenvalue weighted by atomic mass is 32.2. The fourth-order valence-corrected chi connectivity index (χ4v) is 2.22. The van der Waals surface area contributed by atoms with Crippen LogP contribution in [0.25, 0.3) is 0 Å². The van der Waals surface area contributed by atoms with E-state index in [1.54, 1.807) is 7.11 Å². The molecule has 1 aliphatic heterocycles. The second-order valence-electron chi connectivity index (χ2n) is 3.97. The van der Waals surface area contributed by atoms with Crippen molar-refractivity contribution in [2.45, 2.75) is 18.9 Å². The van der Waals surface area contributed by atoms with E-state index < -0.39 is 0 Å². The summed E-state index contributed by atoms with van der Waals surface area (Å²) in [7, 11) is 1.64. The molecule has 0 spiro atoms. The number of carbonyl (C=O) groups excluding carboxylic acids is 1. The summed E-state index contributed by atoms with van der Waals surface area (Å²) in [4.78, 5) is 10.4. The van der Waals surface area contributed by atoms with Gasteiger partial charge in [-0.3, -0.25) is 0 Å². The number of thioether (sulfide) groups is 1. The van der Waals surface area contributed by atoms with Crippen molar-refractivity contribution in [3.63, 3.8) is 0 Å². The molecule has 0 atom stereocenters. The fraction of sp³-hybridized carbons (Fsp3) is 0.462. The van der Waals surface area contributed by atoms with Gasteiger partial charge in [0, 0.05) is 17.9 Å². The number of methoxy groups -OCH3 is 1. The standard InChI is InChI=1S/C13H16O3S/c1-15-12-5-4-10(3-2-6-14)7-13(12)16-11-8-17-9-11/h4-7,11H,2-3,8-9H2,1H3. The predicted molar refractivity (Wildman–Crippen MR) is 69.1 cm³/mol. The smallest absolute Gasteiger partial charge is 0.161 e. The second-order valence-corrected chi connectivity index (χ2v) is 5.04. The third-order valence-corrected chi connectivity index (χ3v) is 3.89. The molecular formula is C13H16O3S. The molecule has 2 rings (SSSR count). The van der Waals surface area contributed by atoms with Crippen LogP contribution in [0.15, 0.2) is 18.2 Å². The molecule has 0 unspecified atom stereocenters. The Kier molecular flexibility index (Phi) is 4.31. The Morgan fingerprint density at radius 3 is 2.82 bits per heavy atom. The summed E-state index contributed by atoms with van der Waals surface area (Å²) in [6, 6.07) is 5.86. The van der Waals surface area contributed by atoms with Crippen LogP contribution in [0.1, 0.15) is 12.0 Å². The van der Waals surface area contributed by atoms with Crippen molar-refractivity contribution in [1.82, 2.24) is 0 Å². The second kappa shape index (κ2) is 5.96. The molecule has 1 aliphatic rings. The first-order chi connectivity index (χ1) is 8.33. The number of rotatable bonds is 6. The molecule has 0 bridgehead atoms. The molecule has 1 aromatic rings. The van der Waals surface area contributed by atoms with Crippen molar-refractivity contribution in [1.29, 1.82) is 0 Å². The molecule has 1 saturated heterocycles. The number of hydrogen-bond acceptors (Lipinski definition) is 4. The van der Waals surface area contributed by atoms with Gasteiger partial charge in [0.1, 0.15) is 12.4 Å². The lowest BCUT2D eigenvalue weighted by atomic mass is 10.1. The van der Waals surface area contributed by atoms with Crippen LogP contribution >= 0.6 is 11.8 Å². The summed E-state index contributed by atoms with van der Waals surface area (Å²) in [6.07, 6.45) is 2.54. The van der Waals surface area contributed by atoms with Gasteiger partial charge in [0.25, 0.3) is 0 Å². The minimum absolute atomic E-state index is 0.301. The number of aryl methyl sites for hydroxylation is 1. The average Bonchev–Trinajstić information content (AvgIpc) is 2.31. The Hall–Kier alpha value is -1.16. The zero-order valence-electron chi connectivity index (χ0n) is 9.85. The number of hydrogen-bond donors (Lipinski definition) is 0. The highest BCUT2D eigenvalue weighted by molar-refractivity contribution is 8.00. The van der Waals surface area contributed by atoms with Gasteiger partial charge < -0.3 is 14.3 Å². The van der Waals surface area contributed by atoms with Crippen molar-refractivity contribution >= 4 is 18.0 Å². The molecule has 17 heavy (non-hydrogen) atoms. The van der Waals surface area contributed by atoms with Crippen molar-refractivity contribution in [3.05, 3.63) is 23.8 Å². The molecule has 0 N–H and O–H groups in total. The van der Waals surface area contributed by atoms with Gasteiger partial charge in [0.05, 0.1) is 7.11 Å². The third-order valence-electron chi connectivity index (χ3n) is 2.68. The van der Waals surface area contributed by atoms with Crippen LogP contribution in [0.4, 0.5) is 0 Å². The summed E-state index contributed by atoms with van der Waals surface area (Å²) in [5, 5.41) is 0. The average molecular weight is 252 g/mol. The molecule has 3 nitrogen and oxygen atoms in total. The maximum Gasteiger partial charge on any atom is 0.161 e. The van der Waals surface area contributed by atoms with Gasteiger partial charge in [-0.1, -0.05) is 6.07 Å². The van der Waals surface area contributed by atoms with Crippen molar-refractivity contribution < 1.29 is 14.3 Å². The van der Waals surface area contributed by atoms with Gasteiger partial charge >= 0.3 is 0 Å². The van der Waals surface area contributed by atoms with Crippen LogP contribution in [0.5, 0.6) is 11.5 Å². The maximum atomic E-state index is 10.4. The number of carbonyl (C=O) groups is 1. The molecule has 0 amide bonds. The third kappa shape index (κ3) is 3.16. The minimum atomic E-state index is 0.301. The molecule has 0 radical (unpaired) electrons. The molecule has 1 heterocycles. The minimum Gasteiger partial charge on any atom is -0.493 e. The van der Waals surface area contributed by atoms with E-state index in [4.69, 9.17) is 9.47 Å². The first kappa shape index (κ1) is 12.3. The van der Waals surface area contributed by atoms with E-state index in [-0.39, 0.29) is 0 Å². The van der Waals surface area contributed by atoms with E-state index in [9.17, 15) is 4.79 Å². The topological polar surface area (TPSA) is 35.5 Å². The Bertz CT molecular complexity index is 388. The molecule has 1 fully saturated rings. The molecule has 1 aromatic carbocycles. The Morgan fingerprint density at radius 1 is 1.41 bits per heavy atom. The van der Waals surface area contributed by atoms with Crippen LogP contribution < -0.4 is 9.47 Å². The molecule has 0 aromatic heterocycles. The van der Waals surface area contributed by atoms with Crippen LogP contribution in [0.2, 0.25) is 0 Å². The summed E-state index contributed by atoms with van der Waals surface area (Å²) in [5.41, 5.74) is 1.11. The highest BCUT2D eigenvalue weighted by Crippen LogP contribution is 2.32. The van der Waals surface area contributed by atoms with Gasteiger partial charge in [0.2, 0.25) is 0 Å². The van der Waals surface area contributed by atoms with E-state index in [1.165, 1.54) is 0 Å². The normalized spacial score (nSPS) is 15.1. The summed E-state index contributed by atoms with van der Waals surface area (Å²) in [6.45, 7) is 0. The van der Waals surface area contributed by atoms with E-state index >= 15 is 0 Å². The predicted octanol–water partition coefficient (Wildman–Crippen LogP) is 2.32. The zero-order valence-corrected chi connectivity index (χ0v) is 10.7. The van der Waals surface area contributed by atoms with Crippen LogP contribution in [0, 0.1) is 0 Å². The summed E-state index contributed by atoms with van der Waals surface area (Å²) in [5.74, 6) is 3.64. The maximum absolute atomic E-state index is 10.4. The van der Waals surface area contributed by atoms with E-state index in [2.05, 4.69) is 0 Å². The zero-order chi connectivity index (χ0) is 12.1. The SMILES string of the molecule is COc1ccc(CCC=O)cc1OC1CSC1. The van der Waals surface area contributed by atoms with Gasteiger partial charge in [-0.15, -0.1) is 0 Å². The van der Waals surface area contributed by atoms with Gasteiger partial charge in [-0.2, -0.15) is 11.8 Å². The summed E-state index contributed by atoms with van der Waals surface area (Å²) >= 11 is 1.88. The monoisotopic (exact) mass is 252 g/mol. The molecule has 92 valence electrons. The van der Waals surface area contributed by atoms with E-state index in [0.29, 0.717) is 12.5 Å². The Labute approximate surface area is 105 Å². The van der Waals surface area contributed by atoms with E-state index in [0.717, 1.165) is 41.3 Å². The van der Waals surface area contributed by atoms with Crippen molar-refractivity contribution in [2.75, 3.05) is 18.6 Å². The summed E-state index contributed by atoms with van der Waals surface area (Å²) < 4.78 is 11.1. The Morgan fingerprint density at radius 2 is 2.24 bits per heavy atom. The number of ether oxygens (including phenoxy) is 2. The van der Waals surface area contributed by atoms with Crippen LogP contribution in [0.3, 0.4) is 0 Å². The number of aldehydes is 1. The lowest BCUT2D eigenvalue weighted by Gasteiger charge is -2.26. The molecule has 0 aliphatic carbocycles. The molecule has 0 saturated carbocycles. The lowest BCUT2D eigenvalue weighted by Crippen LogP contribution is -2.31. The largest absolute Gasteiger partial charge is 0.493 e. The van der Waals surface area contributed by atoms with Gasteiger partial charge in [-0.25, -0.2) is 0 Å². The van der Waals surface area contributed by atoms with Gasteiger partial charge in [-0.05, 0) is 24.1 Å².